The lowest BCUT2D eigenvalue weighted by Crippen LogP contribution is -2.27. The Kier molecular flexibility index (Phi) is 1.46. The number of rotatable bonds is 1. The van der Waals surface area contributed by atoms with Crippen LogP contribution in [0.5, 0.6) is 0 Å². The first-order valence-electron chi connectivity index (χ1n) is 3.80. The molecule has 66 valence electrons. The third-order valence-electron chi connectivity index (χ3n) is 2.02. The van der Waals surface area contributed by atoms with Gasteiger partial charge in [0, 0.05) is 0 Å². The number of carbonyl (C=O) groups is 2. The highest BCUT2D eigenvalue weighted by Crippen LogP contribution is 2.29. The van der Waals surface area contributed by atoms with Gasteiger partial charge in [-0.05, 0) is 6.42 Å². The van der Waals surface area contributed by atoms with Crippen LogP contribution in [0, 0.1) is 0 Å². The van der Waals surface area contributed by atoms with Gasteiger partial charge < -0.3 is 14.2 Å². The number of esters is 1. The topological polar surface area (TPSA) is 61.8 Å². The van der Waals surface area contributed by atoms with Crippen LogP contribution in [0.2, 0.25) is 0 Å². The van der Waals surface area contributed by atoms with Crippen LogP contribution >= 0.6 is 0 Å². The molecule has 0 aromatic carbocycles. The summed E-state index contributed by atoms with van der Waals surface area (Å²) in [6, 6.07) is 0. The fourth-order valence-electron chi connectivity index (χ4n) is 1.42. The number of hydrogen-bond acceptors (Lipinski definition) is 5. The number of cyclic esters (lactones) is 1. The summed E-state index contributed by atoms with van der Waals surface area (Å²) < 4.78 is 14.2. The number of ether oxygens (including phenoxy) is 3. The highest BCUT2D eigenvalue weighted by Gasteiger charge is 2.54. The van der Waals surface area contributed by atoms with Gasteiger partial charge >= 0.3 is 12.1 Å². The largest absolute Gasteiger partial charge is 0.509 e. The van der Waals surface area contributed by atoms with E-state index in [2.05, 4.69) is 4.74 Å². The molecule has 2 saturated heterocycles. The molecular formula is C7H8O5. The van der Waals surface area contributed by atoms with Crippen LogP contribution in [0.1, 0.15) is 13.3 Å². The summed E-state index contributed by atoms with van der Waals surface area (Å²) in [5.74, 6) is -0.502. The van der Waals surface area contributed by atoms with E-state index in [0.717, 1.165) is 0 Å². The van der Waals surface area contributed by atoms with Crippen molar-refractivity contribution >= 4 is 12.1 Å². The molecule has 0 aromatic rings. The lowest BCUT2D eigenvalue weighted by atomic mass is 10.1. The van der Waals surface area contributed by atoms with Crippen LogP contribution in [0.25, 0.3) is 0 Å². The molecular weight excluding hydrogens is 164 g/mol. The monoisotopic (exact) mass is 172 g/mol. The second-order valence-electron chi connectivity index (χ2n) is 2.75. The third kappa shape index (κ3) is 0.855. The normalized spacial score (nSPS) is 38.6. The SMILES string of the molecule is CCC1OC(=O)[C@H]2OC(=O)OC12. The summed E-state index contributed by atoms with van der Waals surface area (Å²) >= 11 is 0. The van der Waals surface area contributed by atoms with Gasteiger partial charge in [-0.1, -0.05) is 6.92 Å². The van der Waals surface area contributed by atoms with Gasteiger partial charge in [-0.25, -0.2) is 9.59 Å². The quantitative estimate of drug-likeness (QED) is 0.529. The highest BCUT2D eigenvalue weighted by molar-refractivity contribution is 5.83. The van der Waals surface area contributed by atoms with E-state index in [1.165, 1.54) is 0 Å². The second kappa shape index (κ2) is 2.36. The van der Waals surface area contributed by atoms with E-state index < -0.39 is 24.3 Å². The molecule has 3 atom stereocenters. The Morgan fingerprint density at radius 3 is 2.67 bits per heavy atom. The van der Waals surface area contributed by atoms with Gasteiger partial charge in [-0.15, -0.1) is 0 Å². The minimum atomic E-state index is -0.831. The first-order chi connectivity index (χ1) is 5.72. The minimum absolute atomic E-state index is 0.339. The predicted octanol–water partition coefficient (Wildman–Crippen LogP) is 0.226. The summed E-state index contributed by atoms with van der Waals surface area (Å²) in [6.07, 6.45) is -1.85. The molecule has 0 aliphatic carbocycles. The third-order valence-corrected chi connectivity index (χ3v) is 2.02. The van der Waals surface area contributed by atoms with Crippen molar-refractivity contribution in [2.24, 2.45) is 0 Å². The van der Waals surface area contributed by atoms with Crippen molar-refractivity contribution in [2.75, 3.05) is 0 Å². The molecule has 2 aliphatic rings. The molecule has 0 bridgehead atoms. The lowest BCUT2D eigenvalue weighted by molar-refractivity contribution is -0.148. The fraction of sp³-hybridized carbons (Fsp3) is 0.714. The van der Waals surface area contributed by atoms with Crippen molar-refractivity contribution in [2.45, 2.75) is 31.7 Å². The van der Waals surface area contributed by atoms with Gasteiger partial charge in [0.2, 0.25) is 6.10 Å². The van der Waals surface area contributed by atoms with Gasteiger partial charge in [-0.3, -0.25) is 0 Å². The molecule has 0 amide bonds. The van der Waals surface area contributed by atoms with Gasteiger partial charge in [0.15, 0.2) is 6.10 Å². The molecule has 0 radical (unpaired) electrons. The van der Waals surface area contributed by atoms with Crippen LogP contribution in [0.3, 0.4) is 0 Å². The molecule has 12 heavy (non-hydrogen) atoms. The standard InChI is InChI=1S/C7H8O5/c1-2-3-4-5(6(8)10-3)12-7(9)11-4/h3-5H,2H2,1H3/t3?,4?,5-/m0/s1. The average Bonchev–Trinajstić information content (AvgIpc) is 2.52. The van der Waals surface area contributed by atoms with E-state index >= 15 is 0 Å². The molecule has 2 rings (SSSR count). The molecule has 5 heteroatoms. The number of carbonyl (C=O) groups excluding carboxylic acids is 2. The first-order valence-corrected chi connectivity index (χ1v) is 3.80. The number of fused-ring (bicyclic) bond motifs is 1. The van der Waals surface area contributed by atoms with E-state index in [4.69, 9.17) is 9.47 Å². The Bertz CT molecular complexity index is 236. The zero-order valence-corrected chi connectivity index (χ0v) is 6.48. The Balaban J connectivity index is 2.18. The molecule has 5 nitrogen and oxygen atoms in total. The van der Waals surface area contributed by atoms with E-state index in [1.807, 2.05) is 6.92 Å². The van der Waals surface area contributed by atoms with Crippen molar-refractivity contribution in [3.63, 3.8) is 0 Å². The molecule has 0 saturated carbocycles. The van der Waals surface area contributed by atoms with Crippen molar-refractivity contribution in [3.8, 4) is 0 Å². The molecule has 2 unspecified atom stereocenters. The summed E-state index contributed by atoms with van der Waals surface area (Å²) in [5, 5.41) is 0. The van der Waals surface area contributed by atoms with Gasteiger partial charge in [0.25, 0.3) is 0 Å². The summed E-state index contributed by atoms with van der Waals surface area (Å²) in [7, 11) is 0. The molecule has 2 aliphatic heterocycles. The van der Waals surface area contributed by atoms with Crippen LogP contribution < -0.4 is 0 Å². The summed E-state index contributed by atoms with van der Waals surface area (Å²) in [5.41, 5.74) is 0. The second-order valence-corrected chi connectivity index (χ2v) is 2.75. The molecule has 2 fully saturated rings. The van der Waals surface area contributed by atoms with E-state index in [1.54, 1.807) is 0 Å². The Hall–Kier alpha value is -1.26. The zero-order valence-electron chi connectivity index (χ0n) is 6.48. The fourth-order valence-corrected chi connectivity index (χ4v) is 1.42. The lowest BCUT2D eigenvalue weighted by Gasteiger charge is -2.09. The van der Waals surface area contributed by atoms with Crippen LogP contribution in [0.4, 0.5) is 4.79 Å². The Labute approximate surface area is 68.6 Å². The Morgan fingerprint density at radius 1 is 1.25 bits per heavy atom. The summed E-state index contributed by atoms with van der Waals surface area (Å²) in [6.45, 7) is 1.85. The summed E-state index contributed by atoms with van der Waals surface area (Å²) in [4.78, 5) is 21.6. The number of hydrogen-bond donors (Lipinski definition) is 0. The van der Waals surface area contributed by atoms with Gasteiger partial charge in [0.05, 0.1) is 0 Å². The molecule has 2 heterocycles. The highest BCUT2D eigenvalue weighted by atomic mass is 16.8. The minimum Gasteiger partial charge on any atom is -0.455 e. The zero-order chi connectivity index (χ0) is 8.72. The first kappa shape index (κ1) is 7.39. The maximum Gasteiger partial charge on any atom is 0.509 e. The maximum absolute atomic E-state index is 11.0. The maximum atomic E-state index is 11.0. The van der Waals surface area contributed by atoms with Crippen molar-refractivity contribution in [1.82, 2.24) is 0 Å². The van der Waals surface area contributed by atoms with E-state index in [0.29, 0.717) is 6.42 Å². The van der Waals surface area contributed by atoms with Crippen LogP contribution in [0.15, 0.2) is 0 Å². The van der Waals surface area contributed by atoms with Crippen molar-refractivity contribution < 1.29 is 23.8 Å². The van der Waals surface area contributed by atoms with E-state index in [9.17, 15) is 9.59 Å². The smallest absolute Gasteiger partial charge is 0.455 e. The molecule has 0 N–H and O–H groups in total. The van der Waals surface area contributed by atoms with Crippen molar-refractivity contribution in [1.29, 1.82) is 0 Å². The average molecular weight is 172 g/mol. The van der Waals surface area contributed by atoms with Gasteiger partial charge in [-0.2, -0.15) is 0 Å². The molecule has 0 spiro atoms. The predicted molar refractivity (Wildman–Crippen MR) is 35.3 cm³/mol. The van der Waals surface area contributed by atoms with E-state index in [-0.39, 0.29) is 6.10 Å². The Morgan fingerprint density at radius 2 is 2.00 bits per heavy atom. The van der Waals surface area contributed by atoms with Crippen molar-refractivity contribution in [3.05, 3.63) is 0 Å². The van der Waals surface area contributed by atoms with Gasteiger partial charge in [0.1, 0.15) is 6.10 Å². The molecule has 0 aromatic heterocycles. The van der Waals surface area contributed by atoms with Crippen LogP contribution in [-0.2, 0) is 19.0 Å². The van der Waals surface area contributed by atoms with Crippen LogP contribution in [-0.4, -0.2) is 30.4 Å².